The van der Waals surface area contributed by atoms with E-state index in [2.05, 4.69) is 77.4 Å². The summed E-state index contributed by atoms with van der Waals surface area (Å²) in [5, 5.41) is 1.90. The summed E-state index contributed by atoms with van der Waals surface area (Å²) in [6.07, 6.45) is 11.5. The zero-order valence-corrected chi connectivity index (χ0v) is 22.8. The lowest BCUT2D eigenvalue weighted by atomic mass is 9.73. The van der Waals surface area contributed by atoms with Gasteiger partial charge >= 0.3 is 0 Å². The summed E-state index contributed by atoms with van der Waals surface area (Å²) in [6, 6.07) is 4.56. The van der Waals surface area contributed by atoms with Crippen LogP contribution in [0.2, 0.25) is 0 Å². The van der Waals surface area contributed by atoms with Gasteiger partial charge in [-0.15, -0.1) is 0 Å². The fourth-order valence-corrected chi connectivity index (χ4v) is 4.78. The molecule has 4 heteroatoms. The van der Waals surface area contributed by atoms with Gasteiger partial charge in [-0.25, -0.2) is 0 Å². The average molecular weight is 556 g/mol. The number of hydrogen-bond donors (Lipinski definition) is 0. The molecular weight excluding hydrogens is 516 g/mol. The van der Waals surface area contributed by atoms with Gasteiger partial charge in [0.15, 0.2) is 0 Å². The summed E-state index contributed by atoms with van der Waals surface area (Å²) >= 11 is 7.07. The van der Waals surface area contributed by atoms with Crippen LogP contribution in [0.15, 0.2) is 35.9 Å². The summed E-state index contributed by atoms with van der Waals surface area (Å²) in [5.74, 6) is 2.69. The van der Waals surface area contributed by atoms with Crippen LogP contribution < -0.4 is 9.47 Å². The normalized spacial score (nSPS) is 18.5. The summed E-state index contributed by atoms with van der Waals surface area (Å²) < 4.78 is 12.8. The minimum Gasteiger partial charge on any atom is -0.493 e. The van der Waals surface area contributed by atoms with Crippen molar-refractivity contribution in [1.82, 2.24) is 0 Å². The third-order valence-electron chi connectivity index (χ3n) is 6.02. The highest BCUT2D eigenvalue weighted by molar-refractivity contribution is 9.09. The van der Waals surface area contributed by atoms with Crippen molar-refractivity contribution in [2.75, 3.05) is 23.9 Å². The van der Waals surface area contributed by atoms with Gasteiger partial charge in [-0.1, -0.05) is 75.4 Å². The zero-order valence-electron chi connectivity index (χ0n) is 19.7. The smallest absolute Gasteiger partial charge is 0.127 e. The number of ether oxygens (including phenoxy) is 2. The maximum absolute atomic E-state index is 6.41. The molecule has 0 aromatic heterocycles. The van der Waals surface area contributed by atoms with E-state index in [-0.39, 0.29) is 5.92 Å². The van der Waals surface area contributed by atoms with Gasteiger partial charge in [0.2, 0.25) is 0 Å². The Morgan fingerprint density at radius 3 is 2.16 bits per heavy atom. The van der Waals surface area contributed by atoms with E-state index in [1.54, 1.807) is 0 Å². The second-order valence-electron chi connectivity index (χ2n) is 8.78. The van der Waals surface area contributed by atoms with E-state index < -0.39 is 0 Å². The number of benzene rings is 1. The molecule has 1 aromatic carbocycles. The molecule has 0 amide bonds. The quantitative estimate of drug-likeness (QED) is 0.130. The van der Waals surface area contributed by atoms with Gasteiger partial charge in [0.05, 0.1) is 13.2 Å². The van der Waals surface area contributed by atoms with Crippen molar-refractivity contribution >= 4 is 31.9 Å². The third-order valence-corrected chi connectivity index (χ3v) is 7.14. The van der Waals surface area contributed by atoms with Gasteiger partial charge in [0.1, 0.15) is 11.5 Å². The Labute approximate surface area is 207 Å². The SMILES string of the molecule is C=C(C)[C@@H]1CCC(C)=C[C@H]1c1c(OCCCBr)cc(CCCCC)cc1OCCCBr. The lowest BCUT2D eigenvalue weighted by molar-refractivity contribution is 0.290. The van der Waals surface area contributed by atoms with E-state index in [0.29, 0.717) is 19.1 Å². The summed E-state index contributed by atoms with van der Waals surface area (Å²) in [5.41, 5.74) is 5.24. The van der Waals surface area contributed by atoms with Crippen molar-refractivity contribution in [2.24, 2.45) is 5.92 Å². The first-order valence-electron chi connectivity index (χ1n) is 11.9. The summed E-state index contributed by atoms with van der Waals surface area (Å²) in [6.45, 7) is 12.4. The third kappa shape index (κ3) is 8.28. The molecule has 2 rings (SSSR count). The molecule has 0 heterocycles. The number of alkyl halides is 2. The molecule has 1 aliphatic rings. The molecule has 1 aliphatic carbocycles. The molecule has 174 valence electrons. The lowest BCUT2D eigenvalue weighted by Crippen LogP contribution is -2.19. The van der Waals surface area contributed by atoms with Crippen molar-refractivity contribution in [3.05, 3.63) is 47.1 Å². The van der Waals surface area contributed by atoms with Gasteiger partial charge in [-0.2, -0.15) is 0 Å². The number of halogens is 2. The zero-order chi connectivity index (χ0) is 22.6. The Kier molecular flexibility index (Phi) is 12.3. The molecule has 2 nitrogen and oxygen atoms in total. The second kappa shape index (κ2) is 14.4. The summed E-state index contributed by atoms with van der Waals surface area (Å²) in [7, 11) is 0. The van der Waals surface area contributed by atoms with Crippen molar-refractivity contribution < 1.29 is 9.47 Å². The molecule has 0 aliphatic heterocycles. The first-order valence-corrected chi connectivity index (χ1v) is 14.1. The van der Waals surface area contributed by atoms with Crippen LogP contribution in [0.4, 0.5) is 0 Å². The maximum Gasteiger partial charge on any atom is 0.127 e. The van der Waals surface area contributed by atoms with E-state index in [4.69, 9.17) is 9.47 Å². The van der Waals surface area contributed by atoms with Crippen LogP contribution in [-0.2, 0) is 6.42 Å². The number of hydrogen-bond acceptors (Lipinski definition) is 2. The van der Waals surface area contributed by atoms with Crippen molar-refractivity contribution in [1.29, 1.82) is 0 Å². The van der Waals surface area contributed by atoms with Crippen LogP contribution in [0, 0.1) is 5.92 Å². The van der Waals surface area contributed by atoms with Crippen LogP contribution in [0.3, 0.4) is 0 Å². The summed E-state index contributed by atoms with van der Waals surface area (Å²) in [4.78, 5) is 0. The van der Waals surface area contributed by atoms with E-state index in [9.17, 15) is 0 Å². The topological polar surface area (TPSA) is 18.5 Å². The van der Waals surface area contributed by atoms with Gasteiger partial charge in [0, 0.05) is 22.1 Å². The van der Waals surface area contributed by atoms with Crippen molar-refractivity contribution in [3.63, 3.8) is 0 Å². The van der Waals surface area contributed by atoms with Crippen LogP contribution in [-0.4, -0.2) is 23.9 Å². The van der Waals surface area contributed by atoms with Gasteiger partial charge in [-0.3, -0.25) is 0 Å². The Morgan fingerprint density at radius 1 is 1.03 bits per heavy atom. The monoisotopic (exact) mass is 554 g/mol. The lowest BCUT2D eigenvalue weighted by Gasteiger charge is -2.33. The average Bonchev–Trinajstić information content (AvgIpc) is 2.74. The van der Waals surface area contributed by atoms with Crippen LogP contribution in [0.1, 0.15) is 82.8 Å². The molecule has 0 fully saturated rings. The second-order valence-corrected chi connectivity index (χ2v) is 10.4. The Hall–Kier alpha value is -0.740. The molecular formula is C27H40Br2O2. The van der Waals surface area contributed by atoms with E-state index in [1.807, 2.05) is 0 Å². The molecule has 0 N–H and O–H groups in total. The molecule has 0 radical (unpaired) electrons. The molecule has 2 atom stereocenters. The highest BCUT2D eigenvalue weighted by Gasteiger charge is 2.31. The molecule has 0 spiro atoms. The standard InChI is InChI=1S/C27H40Br2O2/c1-5-6-7-10-22-18-25(30-15-8-13-28)27(26(19-22)31-16-9-14-29)24-17-21(4)11-12-23(24)20(2)3/h17-19,23-24H,2,5-16H2,1,3-4H3/t23-,24+/m0/s1. The number of rotatable bonds is 14. The minimum absolute atomic E-state index is 0.258. The predicted octanol–water partition coefficient (Wildman–Crippen LogP) is 8.76. The Bertz CT molecular complexity index is 695. The van der Waals surface area contributed by atoms with E-state index >= 15 is 0 Å². The number of unbranched alkanes of at least 4 members (excludes halogenated alkanes) is 2. The predicted molar refractivity (Wildman–Crippen MR) is 142 cm³/mol. The number of allylic oxidation sites excluding steroid dienone is 3. The molecule has 0 unspecified atom stereocenters. The number of aryl methyl sites for hydroxylation is 1. The fraction of sp³-hybridized carbons (Fsp3) is 0.630. The van der Waals surface area contributed by atoms with Gasteiger partial charge < -0.3 is 9.47 Å². The Morgan fingerprint density at radius 2 is 1.65 bits per heavy atom. The minimum atomic E-state index is 0.258. The largest absolute Gasteiger partial charge is 0.493 e. The molecule has 1 aromatic rings. The van der Waals surface area contributed by atoms with Crippen molar-refractivity contribution in [2.45, 2.75) is 78.1 Å². The molecule has 0 saturated carbocycles. The van der Waals surface area contributed by atoms with Crippen LogP contribution >= 0.6 is 31.9 Å². The molecule has 0 bridgehead atoms. The first kappa shape index (κ1) is 26.5. The Balaban J connectivity index is 2.52. The van der Waals surface area contributed by atoms with E-state index in [0.717, 1.165) is 54.3 Å². The van der Waals surface area contributed by atoms with Crippen molar-refractivity contribution in [3.8, 4) is 11.5 Å². The molecule has 0 saturated heterocycles. The fourth-order valence-electron chi connectivity index (χ4n) is 4.33. The van der Waals surface area contributed by atoms with E-state index in [1.165, 1.54) is 41.5 Å². The van der Waals surface area contributed by atoms with Crippen LogP contribution in [0.25, 0.3) is 0 Å². The first-order chi connectivity index (χ1) is 15.0. The van der Waals surface area contributed by atoms with Crippen LogP contribution in [0.5, 0.6) is 11.5 Å². The molecule has 31 heavy (non-hydrogen) atoms. The van der Waals surface area contributed by atoms with Gasteiger partial charge in [-0.05, 0) is 76.0 Å². The van der Waals surface area contributed by atoms with Gasteiger partial charge in [0.25, 0.3) is 0 Å². The maximum atomic E-state index is 6.41. The highest BCUT2D eigenvalue weighted by Crippen LogP contribution is 2.47. The highest BCUT2D eigenvalue weighted by atomic mass is 79.9.